The third kappa shape index (κ3) is 5.23. The zero-order valence-corrected chi connectivity index (χ0v) is 15.7. The summed E-state index contributed by atoms with van der Waals surface area (Å²) in [6.45, 7) is 0.834. The van der Waals surface area contributed by atoms with Crippen LogP contribution in [0.25, 0.3) is 0 Å². The highest BCUT2D eigenvalue weighted by atomic mass is 127. The highest BCUT2D eigenvalue weighted by molar-refractivity contribution is 14.0. The molecule has 122 valence electrons. The fourth-order valence-electron chi connectivity index (χ4n) is 2.61. The lowest BCUT2D eigenvalue weighted by Crippen LogP contribution is -2.40. The summed E-state index contributed by atoms with van der Waals surface area (Å²) in [5, 5.41) is 6.91. The van der Waals surface area contributed by atoms with Crippen LogP contribution in [0.4, 0.5) is 0 Å². The molecule has 0 aliphatic heterocycles. The van der Waals surface area contributed by atoms with E-state index in [1.54, 1.807) is 0 Å². The molecule has 1 aliphatic rings. The summed E-state index contributed by atoms with van der Waals surface area (Å²) in [6.07, 6.45) is 2.50. The van der Waals surface area contributed by atoms with Crippen LogP contribution >= 0.6 is 24.0 Å². The van der Waals surface area contributed by atoms with Crippen LogP contribution in [-0.4, -0.2) is 25.6 Å². The SMILES string of the molecule is CN=C(NCC(c1ccccc1)c1ccccc1)NC1CC1.I. The quantitative estimate of drug-likeness (QED) is 0.438. The first-order valence-corrected chi connectivity index (χ1v) is 7.94. The van der Waals surface area contributed by atoms with Crippen molar-refractivity contribution in [1.82, 2.24) is 10.6 Å². The summed E-state index contributed by atoms with van der Waals surface area (Å²) in [4.78, 5) is 4.32. The van der Waals surface area contributed by atoms with Crippen LogP contribution in [0.5, 0.6) is 0 Å². The monoisotopic (exact) mass is 421 g/mol. The average molecular weight is 421 g/mol. The second kappa shape index (κ2) is 8.91. The van der Waals surface area contributed by atoms with Gasteiger partial charge in [0.15, 0.2) is 5.96 Å². The lowest BCUT2D eigenvalue weighted by molar-refractivity contribution is 0.727. The second-order valence-electron chi connectivity index (χ2n) is 5.75. The Morgan fingerprint density at radius 2 is 1.52 bits per heavy atom. The Morgan fingerprint density at radius 1 is 1.00 bits per heavy atom. The zero-order chi connectivity index (χ0) is 15.2. The predicted octanol–water partition coefficient (Wildman–Crippen LogP) is 3.76. The maximum atomic E-state index is 4.32. The Hall–Kier alpha value is -1.56. The summed E-state index contributed by atoms with van der Waals surface area (Å²) in [5.41, 5.74) is 2.64. The molecule has 4 heteroatoms. The first kappa shape index (κ1) is 17.8. The number of rotatable bonds is 5. The fraction of sp³-hybridized carbons (Fsp3) is 0.316. The van der Waals surface area contributed by atoms with Gasteiger partial charge < -0.3 is 10.6 Å². The van der Waals surface area contributed by atoms with E-state index in [4.69, 9.17) is 0 Å². The van der Waals surface area contributed by atoms with Gasteiger partial charge in [0.2, 0.25) is 0 Å². The molecule has 0 aromatic heterocycles. The van der Waals surface area contributed by atoms with E-state index in [9.17, 15) is 0 Å². The molecular formula is C19H24IN3. The molecule has 2 N–H and O–H groups in total. The number of nitrogens with zero attached hydrogens (tertiary/aromatic N) is 1. The topological polar surface area (TPSA) is 36.4 Å². The van der Waals surface area contributed by atoms with E-state index in [1.165, 1.54) is 24.0 Å². The standard InChI is InChI=1S/C19H23N3.HI/c1-20-19(22-17-12-13-17)21-14-18(15-8-4-2-5-9-15)16-10-6-3-7-11-16;/h2-11,17-18H,12-14H2,1H3,(H2,20,21,22);1H. The molecule has 0 amide bonds. The van der Waals surface area contributed by atoms with E-state index in [-0.39, 0.29) is 24.0 Å². The van der Waals surface area contributed by atoms with Gasteiger partial charge in [0, 0.05) is 25.6 Å². The van der Waals surface area contributed by atoms with Crippen LogP contribution in [0.3, 0.4) is 0 Å². The molecule has 3 rings (SSSR count). The smallest absolute Gasteiger partial charge is 0.191 e. The molecular weight excluding hydrogens is 397 g/mol. The minimum Gasteiger partial charge on any atom is -0.355 e. The van der Waals surface area contributed by atoms with Crippen LogP contribution in [0.2, 0.25) is 0 Å². The molecule has 0 radical (unpaired) electrons. The maximum Gasteiger partial charge on any atom is 0.191 e. The number of hydrogen-bond donors (Lipinski definition) is 2. The molecule has 2 aromatic carbocycles. The minimum atomic E-state index is 0. The van der Waals surface area contributed by atoms with Gasteiger partial charge >= 0.3 is 0 Å². The molecule has 0 heterocycles. The number of hydrogen-bond acceptors (Lipinski definition) is 1. The van der Waals surface area contributed by atoms with Crippen molar-refractivity contribution in [2.24, 2.45) is 4.99 Å². The largest absolute Gasteiger partial charge is 0.355 e. The molecule has 0 spiro atoms. The molecule has 3 nitrogen and oxygen atoms in total. The van der Waals surface area contributed by atoms with Crippen molar-refractivity contribution in [2.75, 3.05) is 13.6 Å². The summed E-state index contributed by atoms with van der Waals surface area (Å²) >= 11 is 0. The van der Waals surface area contributed by atoms with E-state index in [1.807, 2.05) is 7.05 Å². The van der Waals surface area contributed by atoms with Crippen LogP contribution in [0.1, 0.15) is 29.9 Å². The first-order valence-electron chi connectivity index (χ1n) is 7.94. The number of benzene rings is 2. The van der Waals surface area contributed by atoms with Crippen LogP contribution in [-0.2, 0) is 0 Å². The van der Waals surface area contributed by atoms with Crippen molar-refractivity contribution in [3.8, 4) is 0 Å². The van der Waals surface area contributed by atoms with Gasteiger partial charge in [-0.1, -0.05) is 60.7 Å². The van der Waals surface area contributed by atoms with Gasteiger partial charge in [0.25, 0.3) is 0 Å². The Morgan fingerprint density at radius 3 is 1.96 bits per heavy atom. The molecule has 1 saturated carbocycles. The number of aliphatic imine (C=N–C) groups is 1. The summed E-state index contributed by atoms with van der Waals surface area (Å²) in [7, 11) is 1.83. The molecule has 0 atom stereocenters. The molecule has 1 fully saturated rings. The average Bonchev–Trinajstić information content (AvgIpc) is 3.40. The molecule has 1 aliphatic carbocycles. The summed E-state index contributed by atoms with van der Waals surface area (Å²) in [5.74, 6) is 1.22. The van der Waals surface area contributed by atoms with Crippen molar-refractivity contribution in [3.05, 3.63) is 71.8 Å². The van der Waals surface area contributed by atoms with Crippen molar-refractivity contribution in [3.63, 3.8) is 0 Å². The van der Waals surface area contributed by atoms with E-state index in [0.29, 0.717) is 12.0 Å². The fourth-order valence-corrected chi connectivity index (χ4v) is 2.61. The van der Waals surface area contributed by atoms with Gasteiger partial charge in [0.05, 0.1) is 0 Å². The molecule has 0 bridgehead atoms. The van der Waals surface area contributed by atoms with Crippen molar-refractivity contribution in [2.45, 2.75) is 24.8 Å². The van der Waals surface area contributed by atoms with E-state index in [2.05, 4.69) is 76.3 Å². The van der Waals surface area contributed by atoms with Crippen LogP contribution in [0, 0.1) is 0 Å². The second-order valence-corrected chi connectivity index (χ2v) is 5.75. The lowest BCUT2D eigenvalue weighted by atomic mass is 9.91. The van der Waals surface area contributed by atoms with E-state index >= 15 is 0 Å². The molecule has 2 aromatic rings. The highest BCUT2D eigenvalue weighted by Gasteiger charge is 2.22. The van der Waals surface area contributed by atoms with E-state index in [0.717, 1.165) is 12.5 Å². The molecule has 0 unspecified atom stereocenters. The van der Waals surface area contributed by atoms with Gasteiger partial charge in [0.1, 0.15) is 0 Å². The van der Waals surface area contributed by atoms with Crippen LogP contribution < -0.4 is 10.6 Å². The normalized spacial score (nSPS) is 14.3. The van der Waals surface area contributed by atoms with Crippen molar-refractivity contribution in [1.29, 1.82) is 0 Å². The predicted molar refractivity (Wildman–Crippen MR) is 108 cm³/mol. The zero-order valence-electron chi connectivity index (χ0n) is 13.4. The first-order chi connectivity index (χ1) is 10.9. The van der Waals surface area contributed by atoms with Gasteiger partial charge in [-0.3, -0.25) is 4.99 Å². The minimum absolute atomic E-state index is 0. The van der Waals surface area contributed by atoms with Gasteiger partial charge in [-0.2, -0.15) is 0 Å². The summed E-state index contributed by atoms with van der Waals surface area (Å²) in [6, 6.07) is 21.9. The number of halogens is 1. The molecule has 0 saturated heterocycles. The third-order valence-corrected chi connectivity index (χ3v) is 4.02. The molecule has 23 heavy (non-hydrogen) atoms. The Bertz CT molecular complexity index is 570. The summed E-state index contributed by atoms with van der Waals surface area (Å²) < 4.78 is 0. The van der Waals surface area contributed by atoms with Crippen molar-refractivity contribution >= 4 is 29.9 Å². The van der Waals surface area contributed by atoms with Gasteiger partial charge in [-0.05, 0) is 24.0 Å². The van der Waals surface area contributed by atoms with E-state index < -0.39 is 0 Å². The van der Waals surface area contributed by atoms with Crippen molar-refractivity contribution < 1.29 is 0 Å². The van der Waals surface area contributed by atoms with Gasteiger partial charge in [-0.25, -0.2) is 0 Å². The van der Waals surface area contributed by atoms with Crippen LogP contribution in [0.15, 0.2) is 65.7 Å². The lowest BCUT2D eigenvalue weighted by Gasteiger charge is -2.20. The third-order valence-electron chi connectivity index (χ3n) is 4.02. The highest BCUT2D eigenvalue weighted by Crippen LogP contribution is 2.24. The Balaban J connectivity index is 0.00000192. The van der Waals surface area contributed by atoms with Gasteiger partial charge in [-0.15, -0.1) is 24.0 Å². The Kier molecular flexibility index (Phi) is 6.89. The number of guanidine groups is 1. The Labute approximate surface area is 155 Å². The number of nitrogens with one attached hydrogen (secondary N) is 2. The maximum absolute atomic E-state index is 4.32.